The highest BCUT2D eigenvalue weighted by Gasteiger charge is 2.30. The zero-order chi connectivity index (χ0) is 24.0. The van der Waals surface area contributed by atoms with E-state index in [1.807, 2.05) is 43.4 Å². The van der Waals surface area contributed by atoms with E-state index in [9.17, 15) is 9.59 Å². The maximum atomic E-state index is 13.1. The monoisotopic (exact) mass is 464 g/mol. The lowest BCUT2D eigenvalue weighted by molar-refractivity contribution is -0.119. The van der Waals surface area contributed by atoms with Gasteiger partial charge in [-0.05, 0) is 77.9 Å². The fourth-order valence-corrected chi connectivity index (χ4v) is 3.86. The van der Waals surface area contributed by atoms with Crippen molar-refractivity contribution in [2.24, 2.45) is 17.6 Å². The lowest BCUT2D eigenvalue weighted by Crippen LogP contribution is -2.24. The highest BCUT2D eigenvalue weighted by molar-refractivity contribution is 6.30. The minimum atomic E-state index is -1.00. The van der Waals surface area contributed by atoms with E-state index >= 15 is 0 Å². The molecule has 0 aromatic heterocycles. The smallest absolute Gasteiger partial charge is 0.335 e. The average Bonchev–Trinajstić information content (AvgIpc) is 3.62. The number of carboxylic acids is 1. The van der Waals surface area contributed by atoms with E-state index in [4.69, 9.17) is 22.4 Å². The van der Waals surface area contributed by atoms with Crippen LogP contribution in [-0.4, -0.2) is 17.0 Å². The number of allylic oxidation sites excluding steroid dienone is 4. The Hall–Kier alpha value is -3.15. The lowest BCUT2D eigenvalue weighted by Gasteiger charge is -2.18. The third kappa shape index (κ3) is 6.67. The Morgan fingerprint density at radius 2 is 1.91 bits per heavy atom. The number of carbonyl (C=O) groups excluding carboxylic acids is 1. The van der Waals surface area contributed by atoms with Crippen LogP contribution in [-0.2, 0) is 11.3 Å². The van der Waals surface area contributed by atoms with E-state index < -0.39 is 5.97 Å². The first kappa shape index (κ1) is 24.5. The standard InChI is InChI=1S/C27H29ClN2O3/c1-3-19(25-15-22(28)11-8-21(25)16-29)7-4-17(2)24(14-18-5-6-18)26(31)30-23-12-9-20(10-13-23)27(32)33/h3-4,7-13,15,18,24H,2,5-6,14,16,29H2,1H3,(H,30,31)(H,32,33)/b7-4-,19-3+. The summed E-state index contributed by atoms with van der Waals surface area (Å²) in [6, 6.07) is 11.8. The van der Waals surface area contributed by atoms with Crippen molar-refractivity contribution in [1.29, 1.82) is 0 Å². The molecule has 0 heterocycles. The number of hydrogen-bond donors (Lipinski definition) is 3. The van der Waals surface area contributed by atoms with Crippen molar-refractivity contribution in [3.63, 3.8) is 0 Å². The number of amides is 1. The lowest BCUT2D eigenvalue weighted by atomic mass is 9.91. The Kier molecular flexibility index (Phi) is 8.26. The quantitative estimate of drug-likeness (QED) is 0.372. The second-order valence-corrected chi connectivity index (χ2v) is 8.70. The average molecular weight is 465 g/mol. The molecule has 0 radical (unpaired) electrons. The number of carbonyl (C=O) groups is 2. The van der Waals surface area contributed by atoms with Crippen molar-refractivity contribution < 1.29 is 14.7 Å². The summed E-state index contributed by atoms with van der Waals surface area (Å²) >= 11 is 6.20. The van der Waals surface area contributed by atoms with Crippen LogP contribution < -0.4 is 11.1 Å². The molecule has 1 unspecified atom stereocenters. The first-order chi connectivity index (χ1) is 15.8. The molecular weight excluding hydrogens is 436 g/mol. The Bertz CT molecular complexity index is 1100. The van der Waals surface area contributed by atoms with Gasteiger partial charge in [0.25, 0.3) is 0 Å². The molecule has 3 rings (SSSR count). The van der Waals surface area contributed by atoms with Crippen molar-refractivity contribution in [2.75, 3.05) is 5.32 Å². The second-order valence-electron chi connectivity index (χ2n) is 8.26. The van der Waals surface area contributed by atoms with Gasteiger partial charge in [0.2, 0.25) is 5.91 Å². The largest absolute Gasteiger partial charge is 0.478 e. The van der Waals surface area contributed by atoms with E-state index in [0.717, 1.165) is 41.5 Å². The molecule has 2 aromatic rings. The minimum Gasteiger partial charge on any atom is -0.478 e. The molecule has 5 nitrogen and oxygen atoms in total. The van der Waals surface area contributed by atoms with E-state index in [-0.39, 0.29) is 17.4 Å². The maximum absolute atomic E-state index is 13.1. The molecule has 1 amide bonds. The van der Waals surface area contributed by atoms with Gasteiger partial charge in [-0.15, -0.1) is 0 Å². The topological polar surface area (TPSA) is 92.4 Å². The van der Waals surface area contributed by atoms with Crippen LogP contribution in [0.4, 0.5) is 5.69 Å². The highest BCUT2D eigenvalue weighted by atomic mass is 35.5. The van der Waals surface area contributed by atoms with Crippen LogP contribution in [0.2, 0.25) is 5.02 Å². The molecule has 1 atom stereocenters. The number of carboxylic acid groups (broad SMARTS) is 1. The molecule has 172 valence electrons. The van der Waals surface area contributed by atoms with Crippen molar-refractivity contribution in [1.82, 2.24) is 0 Å². The normalized spacial score (nSPS) is 14.8. The zero-order valence-corrected chi connectivity index (χ0v) is 19.4. The molecule has 2 aromatic carbocycles. The van der Waals surface area contributed by atoms with E-state index in [1.165, 1.54) is 12.1 Å². The van der Waals surface area contributed by atoms with Crippen molar-refractivity contribution in [2.45, 2.75) is 32.7 Å². The van der Waals surface area contributed by atoms with Gasteiger partial charge in [0.1, 0.15) is 0 Å². The van der Waals surface area contributed by atoms with E-state index in [1.54, 1.807) is 12.1 Å². The molecule has 1 aliphatic carbocycles. The fraction of sp³-hybridized carbons (Fsp3) is 0.259. The van der Waals surface area contributed by atoms with Crippen molar-refractivity contribution in [3.05, 3.63) is 94.6 Å². The number of aromatic carboxylic acids is 1. The van der Waals surface area contributed by atoms with Crippen LogP contribution in [0.3, 0.4) is 0 Å². The summed E-state index contributed by atoms with van der Waals surface area (Å²) in [5.74, 6) is -1.00. The zero-order valence-electron chi connectivity index (χ0n) is 18.7. The predicted molar refractivity (Wildman–Crippen MR) is 134 cm³/mol. The molecule has 0 bridgehead atoms. The Labute approximate surface area is 199 Å². The number of nitrogens with two attached hydrogens (primary N) is 1. The van der Waals surface area contributed by atoms with E-state index in [0.29, 0.717) is 23.2 Å². The number of nitrogens with one attached hydrogen (secondary N) is 1. The summed E-state index contributed by atoms with van der Waals surface area (Å²) in [5.41, 5.74) is 10.2. The molecule has 6 heteroatoms. The Morgan fingerprint density at radius 1 is 1.21 bits per heavy atom. The van der Waals surface area contributed by atoms with E-state index in [2.05, 4.69) is 11.9 Å². The van der Waals surface area contributed by atoms with Crippen LogP contribution in [0.1, 0.15) is 47.7 Å². The molecular formula is C27H29ClN2O3. The third-order valence-electron chi connectivity index (χ3n) is 5.82. The van der Waals surface area contributed by atoms with Gasteiger partial charge < -0.3 is 16.2 Å². The molecule has 0 saturated heterocycles. The van der Waals surface area contributed by atoms with Gasteiger partial charge in [-0.1, -0.05) is 55.3 Å². The van der Waals surface area contributed by atoms with Crippen LogP contribution in [0, 0.1) is 11.8 Å². The Balaban J connectivity index is 1.77. The summed E-state index contributed by atoms with van der Waals surface area (Å²) in [7, 11) is 0. The van der Waals surface area contributed by atoms with Gasteiger partial charge in [0.05, 0.1) is 11.5 Å². The highest BCUT2D eigenvalue weighted by Crippen LogP contribution is 2.38. The number of anilines is 1. The molecule has 4 N–H and O–H groups in total. The third-order valence-corrected chi connectivity index (χ3v) is 6.06. The van der Waals surface area contributed by atoms with Gasteiger partial charge in [-0.25, -0.2) is 4.79 Å². The summed E-state index contributed by atoms with van der Waals surface area (Å²) in [5, 5.41) is 12.6. The summed E-state index contributed by atoms with van der Waals surface area (Å²) in [6.45, 7) is 6.53. The second kappa shape index (κ2) is 11.1. The molecule has 0 spiro atoms. The van der Waals surface area contributed by atoms with Crippen LogP contribution in [0.15, 0.2) is 72.8 Å². The number of benzene rings is 2. The SMILES string of the molecule is C=C(/C=C\C(=C/C)c1cc(Cl)ccc1CN)C(CC1CC1)C(=O)Nc1ccc(C(=O)O)cc1. The van der Waals surface area contributed by atoms with Gasteiger partial charge >= 0.3 is 5.97 Å². The van der Waals surface area contributed by atoms with Gasteiger partial charge in [-0.2, -0.15) is 0 Å². The van der Waals surface area contributed by atoms with Crippen LogP contribution in [0.25, 0.3) is 5.57 Å². The summed E-state index contributed by atoms with van der Waals surface area (Å²) < 4.78 is 0. The van der Waals surface area contributed by atoms with Crippen LogP contribution in [0.5, 0.6) is 0 Å². The number of halogens is 1. The van der Waals surface area contributed by atoms with Crippen LogP contribution >= 0.6 is 11.6 Å². The van der Waals surface area contributed by atoms with Crippen molar-refractivity contribution in [3.8, 4) is 0 Å². The minimum absolute atomic E-state index is 0.146. The summed E-state index contributed by atoms with van der Waals surface area (Å²) in [6.07, 6.45) is 8.79. The van der Waals surface area contributed by atoms with Gasteiger partial charge in [0, 0.05) is 17.3 Å². The molecule has 1 aliphatic rings. The predicted octanol–water partition coefficient (Wildman–Crippen LogP) is 6.07. The fourth-order valence-electron chi connectivity index (χ4n) is 3.69. The van der Waals surface area contributed by atoms with Gasteiger partial charge in [0.15, 0.2) is 0 Å². The molecule has 33 heavy (non-hydrogen) atoms. The number of hydrogen-bond acceptors (Lipinski definition) is 3. The molecule has 0 aliphatic heterocycles. The molecule has 1 fully saturated rings. The molecule has 1 saturated carbocycles. The van der Waals surface area contributed by atoms with Crippen molar-refractivity contribution >= 4 is 34.7 Å². The maximum Gasteiger partial charge on any atom is 0.335 e. The first-order valence-corrected chi connectivity index (χ1v) is 11.4. The Morgan fingerprint density at radius 3 is 2.48 bits per heavy atom. The number of rotatable bonds is 10. The summed E-state index contributed by atoms with van der Waals surface area (Å²) in [4.78, 5) is 24.1. The van der Waals surface area contributed by atoms with Gasteiger partial charge in [-0.3, -0.25) is 4.79 Å². The first-order valence-electron chi connectivity index (χ1n) is 11.0.